The summed E-state index contributed by atoms with van der Waals surface area (Å²) in [6.45, 7) is 0. The van der Waals surface area contributed by atoms with E-state index in [1.54, 1.807) is 11.3 Å². The number of hydrogen-bond donors (Lipinski definition) is 0. The van der Waals surface area contributed by atoms with Crippen LogP contribution < -0.4 is 0 Å². The van der Waals surface area contributed by atoms with Crippen molar-refractivity contribution in [2.75, 3.05) is 0 Å². The van der Waals surface area contributed by atoms with Gasteiger partial charge in [0.15, 0.2) is 17.5 Å². The molecule has 0 N–H and O–H groups in total. The fourth-order valence-electron chi connectivity index (χ4n) is 10.8. The van der Waals surface area contributed by atoms with Crippen LogP contribution in [0.5, 0.6) is 0 Å². The molecule has 0 aliphatic carbocycles. The lowest BCUT2D eigenvalue weighted by molar-refractivity contribution is 0.669. The molecule has 0 saturated carbocycles. The van der Waals surface area contributed by atoms with Crippen LogP contribution in [0.2, 0.25) is 0 Å². The van der Waals surface area contributed by atoms with Crippen LogP contribution in [0.3, 0.4) is 0 Å². The maximum Gasteiger partial charge on any atom is 0.165 e. The molecule has 15 rings (SSSR count). The molecule has 0 atom stereocenters. The average Bonchev–Trinajstić information content (AvgIpc) is 4.08. The van der Waals surface area contributed by atoms with E-state index in [2.05, 4.69) is 217 Å². The highest BCUT2D eigenvalue weighted by molar-refractivity contribution is 7.26. The van der Waals surface area contributed by atoms with E-state index in [0.29, 0.717) is 17.5 Å². The molecule has 0 spiro atoms. The number of rotatable bonds is 5. The summed E-state index contributed by atoms with van der Waals surface area (Å²) >= 11 is 1.78. The van der Waals surface area contributed by atoms with Crippen molar-refractivity contribution in [2.24, 2.45) is 0 Å². The van der Waals surface area contributed by atoms with Crippen LogP contribution in [0.15, 0.2) is 223 Å². The minimum Gasteiger partial charge on any atom is -0.456 e. The second-order valence-electron chi connectivity index (χ2n) is 17.9. The number of furan rings is 1. The third-order valence-electron chi connectivity index (χ3n) is 14.0. The van der Waals surface area contributed by atoms with E-state index in [1.807, 2.05) is 6.07 Å². The monoisotopic (exact) mass is 896 g/mol. The van der Waals surface area contributed by atoms with E-state index in [-0.39, 0.29) is 0 Å². The van der Waals surface area contributed by atoms with Gasteiger partial charge >= 0.3 is 0 Å². The molecule has 0 amide bonds. The van der Waals surface area contributed by atoms with Crippen molar-refractivity contribution in [3.8, 4) is 51.0 Å². The Balaban J connectivity index is 0.988. The fraction of sp³-hybridized carbons (Fsp3) is 0. The molecule has 0 unspecified atom stereocenters. The maximum absolute atomic E-state index is 7.02. The molecular formula is C63H36N4OS. The summed E-state index contributed by atoms with van der Waals surface area (Å²) in [5.41, 5.74) is 9.98. The van der Waals surface area contributed by atoms with Gasteiger partial charge in [0.1, 0.15) is 11.2 Å². The van der Waals surface area contributed by atoms with E-state index in [9.17, 15) is 0 Å². The van der Waals surface area contributed by atoms with Gasteiger partial charge in [-0.05, 0) is 80.5 Å². The standard InChI is InChI=1S/C63H36N4OS/c1-2-14-37(15-3-1)38-28-30-39(31-29-38)61-64-62(66-63(65-61)49-25-12-23-47-45-21-10-11-27-57(45)69-60(47)49)48-24-13-26-55-59(48)58-46-22-9-8-20-44(46)54(36-56(58)68-55)67-52-34-42-18-6-4-16-40(42)32-50(52)51-33-41-17-5-7-19-43(41)35-53(51)67/h1-36H. The van der Waals surface area contributed by atoms with Crippen LogP contribution in [-0.2, 0) is 0 Å². The lowest BCUT2D eigenvalue weighted by Crippen LogP contribution is -2.00. The highest BCUT2D eigenvalue weighted by atomic mass is 32.1. The molecule has 0 aliphatic heterocycles. The molecule has 0 aliphatic rings. The van der Waals surface area contributed by atoms with E-state index in [4.69, 9.17) is 19.4 Å². The first-order valence-corrected chi connectivity index (χ1v) is 24.1. The molecule has 0 fully saturated rings. The van der Waals surface area contributed by atoms with Crippen molar-refractivity contribution in [2.45, 2.75) is 0 Å². The predicted octanol–water partition coefficient (Wildman–Crippen LogP) is 17.4. The van der Waals surface area contributed by atoms with Gasteiger partial charge in [-0.15, -0.1) is 11.3 Å². The summed E-state index contributed by atoms with van der Waals surface area (Å²) in [7, 11) is 0. The van der Waals surface area contributed by atoms with Crippen LogP contribution in [-0.4, -0.2) is 19.5 Å². The van der Waals surface area contributed by atoms with Crippen LogP contribution in [0.4, 0.5) is 0 Å². The lowest BCUT2D eigenvalue weighted by Gasteiger charge is -2.14. The van der Waals surface area contributed by atoms with Crippen LogP contribution in [0.25, 0.3) is 147 Å². The summed E-state index contributed by atoms with van der Waals surface area (Å²) in [5.74, 6) is 1.82. The van der Waals surface area contributed by atoms with Gasteiger partial charge in [-0.2, -0.15) is 0 Å². The number of benzene rings is 11. The molecule has 0 radical (unpaired) electrons. The Morgan fingerprint density at radius 2 is 0.884 bits per heavy atom. The highest BCUT2D eigenvalue weighted by Crippen LogP contribution is 2.46. The van der Waals surface area contributed by atoms with Crippen LogP contribution in [0.1, 0.15) is 0 Å². The smallest absolute Gasteiger partial charge is 0.165 e. The van der Waals surface area contributed by atoms with Gasteiger partial charge in [0.05, 0.1) is 16.7 Å². The van der Waals surface area contributed by atoms with Crippen molar-refractivity contribution in [3.05, 3.63) is 218 Å². The summed E-state index contributed by atoms with van der Waals surface area (Å²) in [4.78, 5) is 16.1. The van der Waals surface area contributed by atoms with Gasteiger partial charge in [-0.3, -0.25) is 0 Å². The molecule has 15 aromatic rings. The van der Waals surface area contributed by atoms with Crippen LogP contribution >= 0.6 is 11.3 Å². The quantitative estimate of drug-likeness (QED) is 0.173. The lowest BCUT2D eigenvalue weighted by atomic mass is 9.99. The third-order valence-corrected chi connectivity index (χ3v) is 15.2. The van der Waals surface area contributed by atoms with Crippen LogP contribution in [0, 0.1) is 0 Å². The SMILES string of the molecule is c1ccc(-c2ccc(-c3nc(-c4cccc5c4sc4ccccc45)nc(-c4cccc5oc6cc(-n7c8cc9ccccc9cc8c8cc9ccccc9cc87)c7ccccc7c6c45)n3)cc2)cc1. The molecule has 6 heteroatoms. The van der Waals surface area contributed by atoms with E-state index in [0.717, 1.165) is 81.9 Å². The van der Waals surface area contributed by atoms with Gasteiger partial charge in [-0.25, -0.2) is 15.0 Å². The number of aromatic nitrogens is 4. The minimum atomic E-state index is 0.586. The van der Waals surface area contributed by atoms with E-state index >= 15 is 0 Å². The zero-order valence-electron chi connectivity index (χ0n) is 36.9. The summed E-state index contributed by atoms with van der Waals surface area (Å²) in [6, 6.07) is 77.9. The van der Waals surface area contributed by atoms with Crippen molar-refractivity contribution >= 4 is 108 Å². The zero-order chi connectivity index (χ0) is 45.2. The summed E-state index contributed by atoms with van der Waals surface area (Å²) < 4.78 is 11.8. The first-order valence-electron chi connectivity index (χ1n) is 23.2. The molecular weight excluding hydrogens is 861 g/mol. The molecule has 0 bridgehead atoms. The topological polar surface area (TPSA) is 56.7 Å². The number of fused-ring (bicyclic) bond motifs is 13. The number of thiophene rings is 1. The summed E-state index contributed by atoms with van der Waals surface area (Å²) in [5, 5.41) is 13.9. The van der Waals surface area contributed by atoms with Gasteiger partial charge in [-0.1, -0.05) is 170 Å². The van der Waals surface area contributed by atoms with Gasteiger partial charge in [0.25, 0.3) is 0 Å². The van der Waals surface area contributed by atoms with Gasteiger partial charge in [0, 0.05) is 69.9 Å². The van der Waals surface area contributed by atoms with E-state index in [1.165, 1.54) is 47.8 Å². The van der Waals surface area contributed by atoms with E-state index < -0.39 is 0 Å². The number of nitrogens with zero attached hydrogens (tertiary/aromatic N) is 4. The molecule has 0 saturated heterocycles. The first-order chi connectivity index (χ1) is 34.2. The predicted molar refractivity (Wildman–Crippen MR) is 289 cm³/mol. The molecule has 5 nitrogen and oxygen atoms in total. The number of hydrogen-bond acceptors (Lipinski definition) is 5. The normalized spacial score (nSPS) is 12.1. The Morgan fingerprint density at radius 1 is 0.348 bits per heavy atom. The Bertz CT molecular complexity index is 4510. The Morgan fingerprint density at radius 3 is 1.61 bits per heavy atom. The van der Waals surface area contributed by atoms with Crippen molar-refractivity contribution < 1.29 is 4.42 Å². The molecule has 69 heavy (non-hydrogen) atoms. The largest absolute Gasteiger partial charge is 0.456 e. The average molecular weight is 897 g/mol. The molecule has 11 aromatic carbocycles. The fourth-order valence-corrected chi connectivity index (χ4v) is 12.0. The highest BCUT2D eigenvalue weighted by Gasteiger charge is 2.24. The Kier molecular flexibility index (Phi) is 8.17. The second-order valence-corrected chi connectivity index (χ2v) is 18.9. The molecule has 4 heterocycles. The summed E-state index contributed by atoms with van der Waals surface area (Å²) in [6.07, 6.45) is 0. The first kappa shape index (κ1) is 38.2. The van der Waals surface area contributed by atoms with Crippen molar-refractivity contribution in [3.63, 3.8) is 0 Å². The second kappa shape index (κ2) is 14.8. The molecule has 4 aromatic heterocycles. The van der Waals surface area contributed by atoms with Gasteiger partial charge in [0.2, 0.25) is 0 Å². The van der Waals surface area contributed by atoms with Crippen molar-refractivity contribution in [1.29, 1.82) is 0 Å². The third kappa shape index (κ3) is 5.86. The van der Waals surface area contributed by atoms with Crippen molar-refractivity contribution in [1.82, 2.24) is 19.5 Å². The Labute approximate surface area is 398 Å². The Hall–Kier alpha value is -8.97. The zero-order valence-corrected chi connectivity index (χ0v) is 37.7. The molecule has 320 valence electrons. The maximum atomic E-state index is 7.02. The van der Waals surface area contributed by atoms with Gasteiger partial charge < -0.3 is 8.98 Å². The minimum absolute atomic E-state index is 0.586.